The minimum Gasteiger partial charge on any atom is -0.486 e. The lowest BCUT2D eigenvalue weighted by atomic mass is 9.94. The van der Waals surface area contributed by atoms with Crippen LogP contribution in [0.4, 0.5) is 27.3 Å². The summed E-state index contributed by atoms with van der Waals surface area (Å²) in [6.45, 7) is 6.39. The quantitative estimate of drug-likeness (QED) is 0.0973. The molecule has 5 aliphatic heterocycles. The van der Waals surface area contributed by atoms with Gasteiger partial charge in [0.15, 0.2) is 0 Å². The van der Waals surface area contributed by atoms with Crippen LogP contribution in [0.15, 0.2) is 67.0 Å². The smallest absolute Gasteiger partial charge is 0.262 e. The molecule has 0 aliphatic carbocycles. The summed E-state index contributed by atoms with van der Waals surface area (Å²) >= 11 is 6.02. The highest BCUT2D eigenvalue weighted by molar-refractivity contribution is 6.31. The lowest BCUT2D eigenvalue weighted by Gasteiger charge is -2.38. The highest BCUT2D eigenvalue weighted by Gasteiger charge is 2.44. The van der Waals surface area contributed by atoms with Crippen LogP contribution in [0, 0.1) is 11.7 Å². The molecule has 64 heavy (non-hydrogen) atoms. The van der Waals surface area contributed by atoms with Gasteiger partial charge in [-0.15, -0.1) is 0 Å². The highest BCUT2D eigenvalue weighted by Crippen LogP contribution is 2.36. The van der Waals surface area contributed by atoms with Gasteiger partial charge in [0.25, 0.3) is 11.8 Å². The Hall–Kier alpha value is -6.01. The first-order valence-electron chi connectivity index (χ1n) is 21.8. The first-order chi connectivity index (χ1) is 31.0. The number of piperidine rings is 3. The van der Waals surface area contributed by atoms with E-state index in [2.05, 4.69) is 41.0 Å². The molecule has 0 spiro atoms. The first-order valence-corrected chi connectivity index (χ1v) is 22.2. The molecule has 2 unspecified atom stereocenters. The van der Waals surface area contributed by atoms with Gasteiger partial charge in [-0.25, -0.2) is 14.4 Å². The van der Waals surface area contributed by atoms with E-state index in [0.29, 0.717) is 59.5 Å². The van der Waals surface area contributed by atoms with Crippen LogP contribution in [-0.2, 0) is 19.1 Å². The van der Waals surface area contributed by atoms with Gasteiger partial charge in [0.1, 0.15) is 35.9 Å². The van der Waals surface area contributed by atoms with Crippen LogP contribution < -0.4 is 26.0 Å². The van der Waals surface area contributed by atoms with Crippen molar-refractivity contribution in [2.24, 2.45) is 5.92 Å². The fourth-order valence-electron chi connectivity index (χ4n) is 9.21. The lowest BCUT2D eigenvalue weighted by molar-refractivity contribution is -0.136. The number of likely N-dealkylation sites (tertiary alicyclic amines) is 2. The van der Waals surface area contributed by atoms with E-state index in [1.54, 1.807) is 36.4 Å². The maximum atomic E-state index is 13.8. The normalized spacial score (nSPS) is 22.3. The molecule has 0 radical (unpaired) electrons. The van der Waals surface area contributed by atoms with Crippen LogP contribution in [0.1, 0.15) is 65.7 Å². The number of hydrogen-bond acceptors (Lipinski definition) is 13. The van der Waals surface area contributed by atoms with Gasteiger partial charge in [-0.1, -0.05) is 17.7 Å². The molecule has 5 amide bonds. The Labute approximate surface area is 373 Å². The number of carbonyl (C=O) groups excluding carboxylic acids is 5. The lowest BCUT2D eigenvalue weighted by Crippen LogP contribution is -2.54. The molecule has 4 aromatic rings. The molecule has 0 saturated carbocycles. The number of imide groups is 2. The van der Waals surface area contributed by atoms with Crippen molar-refractivity contribution in [3.8, 4) is 5.75 Å². The van der Waals surface area contributed by atoms with Crippen molar-refractivity contribution in [1.29, 1.82) is 0 Å². The molecule has 4 fully saturated rings. The van der Waals surface area contributed by atoms with E-state index in [-0.39, 0.29) is 47.0 Å². The molecular formula is C46H49ClFN9O7. The summed E-state index contributed by atoms with van der Waals surface area (Å²) < 4.78 is 25.6. The summed E-state index contributed by atoms with van der Waals surface area (Å²) in [6.07, 6.45) is 9.70. The topological polar surface area (TPSA) is 187 Å². The van der Waals surface area contributed by atoms with Gasteiger partial charge in [-0.05, 0) is 100 Å². The largest absolute Gasteiger partial charge is 0.486 e. The fraction of sp³-hybridized carbons (Fsp3) is 0.413. The van der Waals surface area contributed by atoms with Crippen LogP contribution in [-0.4, -0.2) is 125 Å². The molecule has 6 heterocycles. The van der Waals surface area contributed by atoms with Crippen LogP contribution >= 0.6 is 11.6 Å². The highest BCUT2D eigenvalue weighted by atomic mass is 35.5. The van der Waals surface area contributed by atoms with E-state index in [9.17, 15) is 28.4 Å². The Morgan fingerprint density at radius 2 is 1.77 bits per heavy atom. The Morgan fingerprint density at radius 1 is 0.938 bits per heavy atom. The van der Waals surface area contributed by atoms with Crippen molar-refractivity contribution in [2.45, 2.75) is 63.1 Å². The molecular weight excluding hydrogens is 845 g/mol. The summed E-state index contributed by atoms with van der Waals surface area (Å²) in [5, 5.41) is 12.6. The third kappa shape index (κ3) is 9.72. The number of halogens is 2. The van der Waals surface area contributed by atoms with Gasteiger partial charge in [0.05, 0.1) is 40.6 Å². The predicted octanol–water partition coefficient (Wildman–Crippen LogP) is 5.52. The number of amides is 5. The average Bonchev–Trinajstić information content (AvgIpc) is 3.88. The van der Waals surface area contributed by atoms with Crippen LogP contribution in [0.3, 0.4) is 0 Å². The minimum absolute atomic E-state index is 0.0248. The van der Waals surface area contributed by atoms with Crippen LogP contribution in [0.25, 0.3) is 10.9 Å². The Kier molecular flexibility index (Phi) is 12.8. The number of fused-ring (bicyclic) bond motifs is 2. The van der Waals surface area contributed by atoms with E-state index in [1.807, 2.05) is 12.1 Å². The molecule has 4 N–H and O–H groups in total. The second-order valence-electron chi connectivity index (χ2n) is 17.0. The molecule has 3 atom stereocenters. The van der Waals surface area contributed by atoms with Gasteiger partial charge in [0, 0.05) is 67.4 Å². The summed E-state index contributed by atoms with van der Waals surface area (Å²) in [4.78, 5) is 78.7. The number of hydrogen-bond donors (Lipinski definition) is 4. The second kappa shape index (κ2) is 19.0. The molecule has 9 rings (SSSR count). The number of carbonyl (C=O) groups is 5. The number of benzene rings is 3. The van der Waals surface area contributed by atoms with E-state index in [0.717, 1.165) is 75.4 Å². The number of nitrogens with one attached hydrogen (secondary N) is 4. The van der Waals surface area contributed by atoms with E-state index in [4.69, 9.17) is 21.1 Å². The molecule has 18 heteroatoms. The zero-order valence-corrected chi connectivity index (χ0v) is 35.9. The van der Waals surface area contributed by atoms with Crippen LogP contribution in [0.5, 0.6) is 5.75 Å². The molecule has 16 nitrogen and oxygen atoms in total. The minimum atomic E-state index is -0.994. The summed E-state index contributed by atoms with van der Waals surface area (Å²) in [5.41, 5.74) is 2.87. The standard InChI is InChI=1S/C46H49ClFN9O7/c47-35-20-29(6-8-36(35)48)52-43-34-21-38(40(22-37(34)49-26-50-43)64-31-13-18-63-25-31)53-41(58)4-2-14-55-16-11-27(12-17-55)23-56-15-1-3-30(24-56)51-28-5-7-32-33(19-28)46(62)57(45(32)61)39-9-10-42(59)54-44(39)60/h2,4-8,19-22,26-27,30-31,39,51H,1,3,9-18,23-25H2,(H,53,58)(H,49,50,52)(H,54,59,60)/b4-2+/t30-,31?,39?/m0/s1. The van der Waals surface area contributed by atoms with Gasteiger partial charge in [-0.2, -0.15) is 0 Å². The first kappa shape index (κ1) is 43.3. The Balaban J connectivity index is 0.760. The van der Waals surface area contributed by atoms with E-state index < -0.39 is 35.5 Å². The van der Waals surface area contributed by atoms with Crippen LogP contribution in [0.2, 0.25) is 5.02 Å². The number of anilines is 4. The summed E-state index contributed by atoms with van der Waals surface area (Å²) in [6, 6.07) is 12.2. The third-order valence-corrected chi connectivity index (χ3v) is 12.8. The maximum absolute atomic E-state index is 13.8. The second-order valence-corrected chi connectivity index (χ2v) is 17.4. The molecule has 3 aromatic carbocycles. The Bertz CT molecular complexity index is 2510. The van der Waals surface area contributed by atoms with Crippen molar-refractivity contribution >= 4 is 74.9 Å². The summed E-state index contributed by atoms with van der Waals surface area (Å²) in [7, 11) is 0. The van der Waals surface area contributed by atoms with E-state index >= 15 is 0 Å². The maximum Gasteiger partial charge on any atom is 0.262 e. The van der Waals surface area contributed by atoms with E-state index in [1.165, 1.54) is 18.5 Å². The van der Waals surface area contributed by atoms with Gasteiger partial charge in [0.2, 0.25) is 17.7 Å². The summed E-state index contributed by atoms with van der Waals surface area (Å²) in [5.74, 6) is -1.42. The predicted molar refractivity (Wildman–Crippen MR) is 237 cm³/mol. The molecule has 334 valence electrons. The zero-order valence-electron chi connectivity index (χ0n) is 35.1. The SMILES string of the molecule is O=C(/C=C/CN1CCC(CN2CCC[C@H](Nc3ccc4c(c3)C(=O)N(C3CCC(=O)NC3=O)C4=O)C2)CC1)Nc1cc2c(Nc3ccc(F)c(Cl)c3)ncnc2cc1OC1CCOC1. The molecule has 4 saturated heterocycles. The van der Waals surface area contributed by atoms with Gasteiger partial charge >= 0.3 is 0 Å². The number of ether oxygens (including phenoxy) is 2. The average molecular weight is 894 g/mol. The third-order valence-electron chi connectivity index (χ3n) is 12.5. The molecule has 5 aliphatic rings. The molecule has 1 aromatic heterocycles. The van der Waals surface area contributed by atoms with Crippen molar-refractivity contribution in [3.63, 3.8) is 0 Å². The van der Waals surface area contributed by atoms with Crippen molar-refractivity contribution in [3.05, 3.63) is 89.0 Å². The number of aromatic nitrogens is 2. The monoisotopic (exact) mass is 893 g/mol. The van der Waals surface area contributed by atoms with Gasteiger partial charge in [-0.3, -0.25) is 39.1 Å². The Morgan fingerprint density at radius 3 is 2.56 bits per heavy atom. The fourth-order valence-corrected chi connectivity index (χ4v) is 9.39. The van der Waals surface area contributed by atoms with Gasteiger partial charge < -0.3 is 30.3 Å². The zero-order chi connectivity index (χ0) is 44.3. The van der Waals surface area contributed by atoms with Crippen molar-refractivity contribution in [1.82, 2.24) is 30.0 Å². The van der Waals surface area contributed by atoms with Crippen molar-refractivity contribution < 1.29 is 37.8 Å². The molecule has 0 bridgehead atoms. The number of nitrogens with zero attached hydrogens (tertiary/aromatic N) is 5. The van der Waals surface area contributed by atoms with Crippen molar-refractivity contribution in [2.75, 3.05) is 68.4 Å². The number of rotatable bonds is 13.